The summed E-state index contributed by atoms with van der Waals surface area (Å²) in [6, 6.07) is 74.4. The van der Waals surface area contributed by atoms with Gasteiger partial charge in [-0.05, 0) is 271 Å². The topological polar surface area (TPSA) is 15.5 Å². The summed E-state index contributed by atoms with van der Waals surface area (Å²) in [7, 11) is 7.31. The van der Waals surface area contributed by atoms with Crippen molar-refractivity contribution in [2.24, 2.45) is 33.6 Å². The molecule has 4 heteroatoms. The molecule has 1 aliphatic rings. The summed E-state index contributed by atoms with van der Waals surface area (Å²) >= 11 is 0. The predicted octanol–water partition coefficient (Wildman–Crippen LogP) is 27.2. The number of aromatic nitrogens is 4. The Morgan fingerprint density at radius 3 is 1.00 bits per heavy atom. The van der Waals surface area contributed by atoms with E-state index >= 15 is 0 Å². The summed E-state index contributed by atoms with van der Waals surface area (Å²) in [5, 5.41) is 0. The van der Waals surface area contributed by atoms with Gasteiger partial charge in [-0.3, -0.25) is 0 Å². The van der Waals surface area contributed by atoms with Crippen LogP contribution >= 0.6 is 0 Å². The van der Waals surface area contributed by atoms with Gasteiger partial charge in [-0.15, -0.1) is 0 Å². The molecule has 0 N–H and O–H groups in total. The first-order valence-electron chi connectivity index (χ1n) is 52.9. The lowest BCUT2D eigenvalue weighted by Crippen LogP contribution is -2.33. The van der Waals surface area contributed by atoms with Gasteiger partial charge in [0, 0.05) is 107 Å². The number of pyridine rings is 4. The SMILES string of the molecule is [2H]C([2H])([2H])c1c[n+](C)c(-c2cccc(-c3ccccc3C([2H])([2H])[2H])c2C)cc1-c1ccccc1.[2H]C([2H])([2H])c1ccccc1-c1cc(-c2cccc(-c3ccccc3C([2H])([2H])[2H])c2C)[n+](C)cc1C([2H])([2H])[2H].[2H]C([2H])([2H])c1ccccc1-c1cccc(-c2cc(C([2H])([2H])C(C)(C)C)c(C([2H])(C)C)c[n+]2C)c1C.[2H]C([2H])([2H])c1ccccc1-c1cccc(-c2cc(C3([2H])CCCCC3)c(C([2H])([2H])[2H])c[n+]2C)c1C. The Bertz CT molecular complexity index is 6970. The van der Waals surface area contributed by atoms with E-state index in [0.717, 1.165) is 109 Å². The van der Waals surface area contributed by atoms with Gasteiger partial charge >= 0.3 is 0 Å². The van der Waals surface area contributed by atoms with Crippen molar-refractivity contribution >= 4 is 0 Å². The molecule has 4 heterocycles. The van der Waals surface area contributed by atoms with Crippen molar-refractivity contribution in [1.29, 1.82) is 0 Å². The summed E-state index contributed by atoms with van der Waals surface area (Å²) < 4.78 is 236. The third-order valence-corrected chi connectivity index (χ3v) is 21.6. The maximum absolute atomic E-state index is 9.22. The Morgan fingerprint density at radius 2 is 0.632 bits per heavy atom. The van der Waals surface area contributed by atoms with Gasteiger partial charge in [0.25, 0.3) is 0 Å². The summed E-state index contributed by atoms with van der Waals surface area (Å²) in [5.74, 6) is -1.91. The molecule has 0 aliphatic heterocycles. The Hall–Kier alpha value is -11.2. The standard InChI is InChI=1S/C28H28N.C28H36N.C27H32N.C27H26N/c1-19-11-6-8-13-23(19)25-15-10-16-26(22(25)4)28-17-27(21(3)18-29(28)5)24-14-9-7-12-20(24)2;1-19(2)26-18-29(8)27(16-22(26)17-28(5,6)7)25-15-11-14-24(21(25)4)23-13-10-9-12-20(23)3;2*1-19-11-8-9-14-23(19)24-15-10-16-25(21(24)3)27-17-26(20(2)18-28(27)4)22-12-6-5-7-13-22/h6-18H,1-5H3;9-16,18-19H,17H2,1-8H3;8-11,14-18,22H,5-7,12-13H2,1-4H3;5-18H,1-4H3/q4*+1/i1D3,2D3,3D3;3D3,17D2,19D;1D3,2D3,22D;1D3,2D3. The van der Waals surface area contributed by atoms with Gasteiger partial charge in [0.15, 0.2) is 24.8 Å². The third-order valence-electron chi connectivity index (χ3n) is 21.6. The molecule has 10 aromatic carbocycles. The largest absolute Gasteiger partial charge is 0.213 e. The molecule has 1 aliphatic carbocycles. The highest BCUT2D eigenvalue weighted by Crippen LogP contribution is 2.42. The van der Waals surface area contributed by atoms with E-state index in [0.29, 0.717) is 90.9 Å². The predicted molar refractivity (Wildman–Crippen MR) is 485 cm³/mol. The minimum Gasteiger partial charge on any atom is -0.201 e. The van der Waals surface area contributed by atoms with E-state index in [1.165, 1.54) is 12.3 Å². The summed E-state index contributed by atoms with van der Waals surface area (Å²) in [4.78, 5) is 0. The van der Waals surface area contributed by atoms with E-state index < -0.39 is 78.4 Å². The summed E-state index contributed by atoms with van der Waals surface area (Å²) in [5.41, 5.74) is 21.0. The average Bonchev–Trinajstić information content (AvgIpc) is 0.716. The number of nitrogens with zero attached hydrogens (tertiary/aromatic N) is 4. The van der Waals surface area contributed by atoms with Gasteiger partial charge in [-0.2, -0.15) is 0 Å². The zero-order valence-corrected chi connectivity index (χ0v) is 67.8. The van der Waals surface area contributed by atoms with Crippen LogP contribution in [0.4, 0.5) is 0 Å². The van der Waals surface area contributed by atoms with Crippen LogP contribution in [0.3, 0.4) is 0 Å². The summed E-state index contributed by atoms with van der Waals surface area (Å²) in [6.45, 7) is -1.51. The minimum absolute atomic E-state index is 0.0435. The van der Waals surface area contributed by atoms with Crippen LogP contribution in [-0.4, -0.2) is 0 Å². The molecule has 1 saturated carbocycles. The van der Waals surface area contributed by atoms with E-state index in [9.17, 15) is 1.37 Å². The highest BCUT2D eigenvalue weighted by molar-refractivity contribution is 5.84. The van der Waals surface area contributed by atoms with Gasteiger partial charge < -0.3 is 0 Å². The number of benzene rings is 10. The van der Waals surface area contributed by atoms with Gasteiger partial charge in [0.05, 0.1) is 0 Å². The number of aryl methyl sites for hydroxylation is 12. The fourth-order valence-electron chi connectivity index (χ4n) is 15.6. The monoisotopic (exact) mass is 1530 g/mol. The van der Waals surface area contributed by atoms with Crippen molar-refractivity contribution in [3.05, 3.63) is 357 Å². The molecule has 15 rings (SSSR count). The first-order valence-corrected chi connectivity index (χ1v) is 38.9. The number of rotatable bonds is 13. The van der Waals surface area contributed by atoms with Crippen LogP contribution in [0.1, 0.15) is 200 Å². The molecule has 4 aromatic heterocycles. The Morgan fingerprint density at radius 1 is 0.333 bits per heavy atom. The highest BCUT2D eigenvalue weighted by Gasteiger charge is 2.28. The molecule has 0 saturated heterocycles. The molecule has 0 radical (unpaired) electrons. The quantitative estimate of drug-likeness (QED) is 0.102. The van der Waals surface area contributed by atoms with E-state index in [-0.39, 0.29) is 27.8 Å². The minimum atomic E-state index is -2.48. The lowest BCUT2D eigenvalue weighted by Gasteiger charge is -2.23. The Balaban J connectivity index is 0.000000169. The molecule has 0 bridgehead atoms. The average molecular weight is 1530 g/mol. The van der Waals surface area contributed by atoms with Crippen LogP contribution in [0.25, 0.3) is 112 Å². The second kappa shape index (κ2) is 36.3. The van der Waals surface area contributed by atoms with Crippen molar-refractivity contribution in [2.45, 2.75) is 167 Å². The maximum Gasteiger partial charge on any atom is 0.213 e. The van der Waals surface area contributed by atoms with E-state index in [1.54, 1.807) is 123 Å². The van der Waals surface area contributed by atoms with Gasteiger partial charge in [0.2, 0.25) is 22.8 Å². The molecule has 0 unspecified atom stereocenters. The molecule has 0 spiro atoms. The van der Waals surface area contributed by atoms with Crippen LogP contribution in [0, 0.1) is 87.9 Å². The normalized spacial score (nSPS) is 17.2. The second-order valence-corrected chi connectivity index (χ2v) is 30.9. The number of hydrogen-bond donors (Lipinski definition) is 0. The molecule has 578 valence electrons. The fourth-order valence-corrected chi connectivity index (χ4v) is 15.6. The number of hydrogen-bond acceptors (Lipinski definition) is 0. The van der Waals surface area contributed by atoms with Crippen molar-refractivity contribution in [3.63, 3.8) is 0 Å². The summed E-state index contributed by atoms with van der Waals surface area (Å²) in [6.07, 6.45) is 9.24. The fraction of sp³-hybridized carbons (Fsp3) is 0.273. The molecule has 4 nitrogen and oxygen atoms in total. The van der Waals surface area contributed by atoms with E-state index in [4.69, 9.17) is 37.0 Å². The highest BCUT2D eigenvalue weighted by atomic mass is 14.9. The molecule has 0 atom stereocenters. The zero-order chi connectivity index (χ0) is 105. The van der Waals surface area contributed by atoms with Crippen LogP contribution < -0.4 is 18.3 Å². The first kappa shape index (κ1) is 53.0. The van der Waals surface area contributed by atoms with Crippen LogP contribution in [0.15, 0.2) is 274 Å². The lowest BCUT2D eigenvalue weighted by atomic mass is 9.82. The Kier molecular flexibility index (Phi) is 16.9. The lowest BCUT2D eigenvalue weighted by molar-refractivity contribution is -0.661. The molecule has 14 aromatic rings. The van der Waals surface area contributed by atoms with E-state index in [1.807, 2.05) is 247 Å². The van der Waals surface area contributed by atoms with Crippen molar-refractivity contribution in [1.82, 2.24) is 0 Å². The van der Waals surface area contributed by atoms with Crippen molar-refractivity contribution in [2.75, 3.05) is 0 Å². The van der Waals surface area contributed by atoms with Crippen molar-refractivity contribution < 1.29 is 56.6 Å². The second-order valence-electron chi connectivity index (χ2n) is 30.9. The van der Waals surface area contributed by atoms with E-state index in [2.05, 4.69) is 0 Å². The molecule has 0 amide bonds. The van der Waals surface area contributed by atoms with Crippen LogP contribution in [-0.2, 0) is 34.6 Å². The van der Waals surface area contributed by atoms with Crippen LogP contribution in [0.5, 0.6) is 0 Å². The first-order chi connectivity index (χ1) is 65.8. The third kappa shape index (κ3) is 18.5. The molecule has 1 fully saturated rings. The van der Waals surface area contributed by atoms with Crippen molar-refractivity contribution in [3.8, 4) is 112 Å². The molecule has 114 heavy (non-hydrogen) atoms. The Labute approximate surface area is 723 Å². The molecular formula is C110H122N4+4. The van der Waals surface area contributed by atoms with Crippen LogP contribution in [0.2, 0.25) is 0 Å². The van der Waals surface area contributed by atoms with Gasteiger partial charge in [0.1, 0.15) is 28.2 Å². The van der Waals surface area contributed by atoms with Gasteiger partial charge in [-0.25, -0.2) is 18.3 Å². The smallest absolute Gasteiger partial charge is 0.201 e. The molecular weight excluding hydrogens is 1380 g/mol. The zero-order valence-electron chi connectivity index (χ0n) is 95.8. The maximum atomic E-state index is 9.22. The van der Waals surface area contributed by atoms with Gasteiger partial charge in [-0.1, -0.05) is 254 Å².